The largest absolute Gasteiger partial charge is 0.385 e. The molecule has 0 aliphatic heterocycles. The van der Waals surface area contributed by atoms with E-state index in [0.29, 0.717) is 12.4 Å². The van der Waals surface area contributed by atoms with Crippen molar-refractivity contribution in [1.82, 2.24) is 9.55 Å². The Hall–Kier alpha value is -2.83. The monoisotopic (exact) mass is 302 g/mol. The lowest BCUT2D eigenvalue weighted by molar-refractivity contribution is 0.184. The van der Waals surface area contributed by atoms with Gasteiger partial charge in [-0.25, -0.2) is 4.98 Å². The number of aromatic nitrogens is 2. The molecule has 1 aromatic heterocycles. The number of aliphatic hydroxyl groups is 1. The molecule has 0 saturated heterocycles. The molecule has 0 aliphatic rings. The molecular formula is C20H18N2O. The molecule has 1 heterocycles. The van der Waals surface area contributed by atoms with E-state index >= 15 is 0 Å². The Balaban J connectivity index is 1.81. The van der Waals surface area contributed by atoms with Crippen LogP contribution < -0.4 is 0 Å². The first kappa shape index (κ1) is 15.1. The zero-order chi connectivity index (χ0) is 16.1. The van der Waals surface area contributed by atoms with Gasteiger partial charge in [0.25, 0.3) is 0 Å². The molecule has 3 aromatic rings. The molecule has 0 bridgehead atoms. The second-order valence-electron chi connectivity index (χ2n) is 5.41. The normalized spacial score (nSPS) is 11.6. The van der Waals surface area contributed by atoms with Gasteiger partial charge >= 0.3 is 0 Å². The highest BCUT2D eigenvalue weighted by molar-refractivity contribution is 5.43. The Kier molecular flexibility index (Phi) is 4.56. The van der Waals surface area contributed by atoms with Crippen molar-refractivity contribution in [3.63, 3.8) is 0 Å². The molecule has 0 fully saturated rings. The summed E-state index contributed by atoms with van der Waals surface area (Å²) in [4.78, 5) is 4.20. The van der Waals surface area contributed by atoms with E-state index in [9.17, 15) is 5.11 Å². The van der Waals surface area contributed by atoms with Crippen LogP contribution >= 0.6 is 0 Å². The van der Waals surface area contributed by atoms with Crippen molar-refractivity contribution in [3.05, 3.63) is 89.5 Å². The molecular weight excluding hydrogens is 284 g/mol. The summed E-state index contributed by atoms with van der Waals surface area (Å²) < 4.78 is 1.95. The quantitative estimate of drug-likeness (QED) is 0.753. The first-order valence-electron chi connectivity index (χ1n) is 7.57. The van der Waals surface area contributed by atoms with Crippen LogP contribution in [0.1, 0.15) is 35.5 Å². The number of rotatable bonds is 3. The van der Waals surface area contributed by atoms with Gasteiger partial charge in [-0.2, -0.15) is 0 Å². The third-order valence-corrected chi connectivity index (χ3v) is 3.53. The third kappa shape index (κ3) is 3.88. The van der Waals surface area contributed by atoms with Crippen LogP contribution in [0.2, 0.25) is 0 Å². The summed E-state index contributed by atoms with van der Waals surface area (Å²) in [5, 5.41) is 9.73. The van der Waals surface area contributed by atoms with Gasteiger partial charge in [0.05, 0.1) is 0 Å². The Morgan fingerprint density at radius 3 is 2.57 bits per heavy atom. The van der Waals surface area contributed by atoms with Crippen LogP contribution in [0.15, 0.2) is 67.0 Å². The zero-order valence-electron chi connectivity index (χ0n) is 13.0. The van der Waals surface area contributed by atoms with Crippen LogP contribution in [0.3, 0.4) is 0 Å². The van der Waals surface area contributed by atoms with Gasteiger partial charge in [-0.15, -0.1) is 0 Å². The number of imidazole rings is 1. The maximum atomic E-state index is 9.73. The molecule has 23 heavy (non-hydrogen) atoms. The van der Waals surface area contributed by atoms with Gasteiger partial charge in [-0.3, -0.25) is 0 Å². The molecule has 1 unspecified atom stereocenters. The van der Waals surface area contributed by atoms with Crippen LogP contribution in [-0.2, 0) is 6.54 Å². The number of nitrogens with zero attached hydrogens (tertiary/aromatic N) is 2. The summed E-state index contributed by atoms with van der Waals surface area (Å²) in [6, 6.07) is 18.1. The Bertz CT molecular complexity index is 839. The highest BCUT2D eigenvalue weighted by Gasteiger charge is 2.08. The molecule has 114 valence electrons. The van der Waals surface area contributed by atoms with E-state index in [1.165, 1.54) is 0 Å². The molecule has 2 aromatic carbocycles. The van der Waals surface area contributed by atoms with E-state index in [2.05, 4.69) is 29.0 Å². The molecule has 0 amide bonds. The molecule has 3 rings (SSSR count). The summed E-state index contributed by atoms with van der Waals surface area (Å²) in [7, 11) is 0. The molecule has 1 N–H and O–H groups in total. The Morgan fingerprint density at radius 1 is 1.04 bits per heavy atom. The van der Waals surface area contributed by atoms with E-state index in [1.54, 1.807) is 13.1 Å². The minimum Gasteiger partial charge on any atom is -0.385 e. The Labute approximate surface area is 136 Å². The van der Waals surface area contributed by atoms with Gasteiger partial charge in [-0.1, -0.05) is 42.2 Å². The van der Waals surface area contributed by atoms with Crippen molar-refractivity contribution in [2.75, 3.05) is 0 Å². The summed E-state index contributed by atoms with van der Waals surface area (Å²) in [6.07, 6.45) is 3.01. The summed E-state index contributed by atoms with van der Waals surface area (Å²) in [5.74, 6) is 7.03. The van der Waals surface area contributed by atoms with Gasteiger partial charge in [0, 0.05) is 30.1 Å². The van der Waals surface area contributed by atoms with Gasteiger partial charge in [-0.05, 0) is 36.8 Å². The van der Waals surface area contributed by atoms with Crippen LogP contribution in [0, 0.1) is 11.8 Å². The number of aliphatic hydroxyl groups excluding tert-OH is 1. The highest BCUT2D eigenvalue weighted by Crippen LogP contribution is 2.13. The molecule has 3 heteroatoms. The minimum absolute atomic E-state index is 0.578. The molecule has 0 saturated carbocycles. The maximum absolute atomic E-state index is 9.73. The van der Waals surface area contributed by atoms with Crippen molar-refractivity contribution >= 4 is 0 Å². The van der Waals surface area contributed by atoms with E-state index in [-0.39, 0.29) is 0 Å². The standard InChI is InChI=1S/C20H18N2O/c1-16(23)20-21-12-13-22(20)15-19-9-5-8-18(14-19)11-10-17-6-3-2-4-7-17/h2-9,12-14,16,23H,15H2,1H3. The number of hydrogen-bond donors (Lipinski definition) is 1. The van der Waals surface area contributed by atoms with Crippen molar-refractivity contribution in [3.8, 4) is 11.8 Å². The maximum Gasteiger partial charge on any atom is 0.137 e. The van der Waals surface area contributed by atoms with Gasteiger partial charge in [0.2, 0.25) is 0 Å². The van der Waals surface area contributed by atoms with Crippen molar-refractivity contribution in [1.29, 1.82) is 0 Å². The molecule has 3 nitrogen and oxygen atoms in total. The van der Waals surface area contributed by atoms with Crippen molar-refractivity contribution < 1.29 is 5.11 Å². The predicted molar refractivity (Wildman–Crippen MR) is 90.8 cm³/mol. The van der Waals surface area contributed by atoms with E-state index in [0.717, 1.165) is 16.7 Å². The Morgan fingerprint density at radius 2 is 1.78 bits per heavy atom. The smallest absolute Gasteiger partial charge is 0.137 e. The van der Waals surface area contributed by atoms with E-state index in [1.807, 2.05) is 53.2 Å². The third-order valence-electron chi connectivity index (χ3n) is 3.53. The van der Waals surface area contributed by atoms with Crippen molar-refractivity contribution in [2.24, 2.45) is 0 Å². The van der Waals surface area contributed by atoms with Crippen LogP contribution in [0.25, 0.3) is 0 Å². The van der Waals surface area contributed by atoms with Gasteiger partial charge < -0.3 is 9.67 Å². The first-order chi connectivity index (χ1) is 11.2. The second-order valence-corrected chi connectivity index (χ2v) is 5.41. The summed E-state index contributed by atoms with van der Waals surface area (Å²) in [6.45, 7) is 2.39. The van der Waals surface area contributed by atoms with Crippen LogP contribution in [0.5, 0.6) is 0 Å². The van der Waals surface area contributed by atoms with Crippen LogP contribution in [-0.4, -0.2) is 14.7 Å². The lowest BCUT2D eigenvalue weighted by Crippen LogP contribution is -2.07. The fourth-order valence-corrected chi connectivity index (χ4v) is 2.43. The van der Waals surface area contributed by atoms with Crippen molar-refractivity contribution in [2.45, 2.75) is 19.6 Å². The minimum atomic E-state index is -0.578. The summed E-state index contributed by atoms with van der Waals surface area (Å²) >= 11 is 0. The fourth-order valence-electron chi connectivity index (χ4n) is 2.43. The second kappa shape index (κ2) is 6.95. The SMILES string of the molecule is CC(O)c1nccn1Cc1cccc(C#Cc2ccccc2)c1. The average molecular weight is 302 g/mol. The lowest BCUT2D eigenvalue weighted by Gasteiger charge is -2.10. The number of benzene rings is 2. The molecule has 0 aliphatic carbocycles. The number of hydrogen-bond acceptors (Lipinski definition) is 2. The topological polar surface area (TPSA) is 38.1 Å². The average Bonchev–Trinajstić information content (AvgIpc) is 3.03. The molecule has 0 spiro atoms. The van der Waals surface area contributed by atoms with Gasteiger partial charge in [0.15, 0.2) is 0 Å². The van der Waals surface area contributed by atoms with Crippen LogP contribution in [0.4, 0.5) is 0 Å². The molecule has 1 atom stereocenters. The van der Waals surface area contributed by atoms with E-state index < -0.39 is 6.10 Å². The lowest BCUT2D eigenvalue weighted by atomic mass is 10.1. The van der Waals surface area contributed by atoms with Gasteiger partial charge in [0.1, 0.15) is 11.9 Å². The zero-order valence-corrected chi connectivity index (χ0v) is 13.0. The van der Waals surface area contributed by atoms with E-state index in [4.69, 9.17) is 0 Å². The highest BCUT2D eigenvalue weighted by atomic mass is 16.3. The first-order valence-corrected chi connectivity index (χ1v) is 7.57. The fraction of sp³-hybridized carbons (Fsp3) is 0.150. The molecule has 0 radical (unpaired) electrons. The predicted octanol–water partition coefficient (Wildman–Crippen LogP) is 3.38. The summed E-state index contributed by atoms with van der Waals surface area (Å²) in [5.41, 5.74) is 3.11.